The molecule has 7 heteroatoms. The van der Waals surface area contributed by atoms with Gasteiger partial charge in [-0.3, -0.25) is 19.5 Å². The summed E-state index contributed by atoms with van der Waals surface area (Å²) in [6.07, 6.45) is 2.41. The molecule has 2 saturated heterocycles. The van der Waals surface area contributed by atoms with Gasteiger partial charge >= 0.3 is 11.9 Å². The van der Waals surface area contributed by atoms with E-state index in [1.165, 1.54) is 22.6 Å². The molecule has 2 fully saturated rings. The second kappa shape index (κ2) is 6.27. The van der Waals surface area contributed by atoms with E-state index < -0.39 is 6.04 Å². The van der Waals surface area contributed by atoms with E-state index in [0.29, 0.717) is 5.84 Å². The van der Waals surface area contributed by atoms with Gasteiger partial charge in [0.15, 0.2) is 0 Å². The molecule has 3 heterocycles. The molecule has 0 N–H and O–H groups in total. The highest BCUT2D eigenvalue weighted by molar-refractivity contribution is 6.23. The standard InChI is InChI=1S/C17H28N5O2/c1-11(2)22-13(10-21-8-6-12(3)7-9-21)18-15-14(22)16(23)20(5)17(24)19(15)4/h11-12,14H,6-10H2,1-5H3/q+1. The van der Waals surface area contributed by atoms with E-state index in [9.17, 15) is 9.59 Å². The minimum atomic E-state index is -0.476. The number of carbonyl (C=O) groups is 2. The van der Waals surface area contributed by atoms with Gasteiger partial charge in [-0.1, -0.05) is 6.92 Å². The first-order valence-corrected chi connectivity index (χ1v) is 8.81. The van der Waals surface area contributed by atoms with E-state index in [4.69, 9.17) is 4.99 Å². The number of nitrogens with zero attached hydrogens (tertiary/aromatic N) is 5. The van der Waals surface area contributed by atoms with Crippen molar-refractivity contribution in [2.75, 3.05) is 33.7 Å². The van der Waals surface area contributed by atoms with Crippen LogP contribution in [0.15, 0.2) is 4.99 Å². The van der Waals surface area contributed by atoms with Crippen LogP contribution in [0.2, 0.25) is 0 Å². The molecule has 0 bridgehead atoms. The average molecular weight is 334 g/mol. The molecular formula is C17H28N5O2+. The number of imide groups is 1. The van der Waals surface area contributed by atoms with Gasteiger partial charge in [0.05, 0.1) is 6.04 Å². The minimum absolute atomic E-state index is 0.147. The lowest BCUT2D eigenvalue weighted by Gasteiger charge is -2.31. The molecule has 0 saturated carbocycles. The van der Waals surface area contributed by atoms with Gasteiger partial charge in [0.1, 0.15) is 6.54 Å². The van der Waals surface area contributed by atoms with Crippen LogP contribution in [0.1, 0.15) is 33.6 Å². The summed E-state index contributed by atoms with van der Waals surface area (Å²) >= 11 is 0. The fraction of sp³-hybridized carbons (Fsp3) is 0.765. The third-order valence-corrected chi connectivity index (χ3v) is 5.34. The molecule has 0 radical (unpaired) electrons. The van der Waals surface area contributed by atoms with Gasteiger partial charge < -0.3 is 0 Å². The first-order chi connectivity index (χ1) is 11.3. The quantitative estimate of drug-likeness (QED) is 0.719. The first kappa shape index (κ1) is 17.1. The highest BCUT2D eigenvalue weighted by Gasteiger charge is 2.53. The van der Waals surface area contributed by atoms with Crippen LogP contribution < -0.4 is 0 Å². The van der Waals surface area contributed by atoms with Crippen molar-refractivity contribution in [3.05, 3.63) is 0 Å². The summed E-state index contributed by atoms with van der Waals surface area (Å²) in [6.45, 7) is 9.30. The van der Waals surface area contributed by atoms with Crippen LogP contribution in [0.25, 0.3) is 0 Å². The number of aliphatic imine (C=N–C) groups is 1. The topological polar surface area (TPSA) is 59.2 Å². The summed E-state index contributed by atoms with van der Waals surface area (Å²) in [7, 11) is 3.24. The van der Waals surface area contributed by atoms with Crippen LogP contribution in [-0.2, 0) is 4.79 Å². The zero-order chi connectivity index (χ0) is 17.6. The second-order valence-corrected chi connectivity index (χ2v) is 7.49. The maximum atomic E-state index is 12.7. The van der Waals surface area contributed by atoms with E-state index in [1.54, 1.807) is 14.1 Å². The highest BCUT2D eigenvalue weighted by Crippen LogP contribution is 2.22. The third-order valence-electron chi connectivity index (χ3n) is 5.34. The van der Waals surface area contributed by atoms with E-state index in [1.807, 2.05) is 0 Å². The van der Waals surface area contributed by atoms with Crippen molar-refractivity contribution in [3.63, 3.8) is 0 Å². The van der Waals surface area contributed by atoms with E-state index in [0.717, 1.165) is 31.4 Å². The largest absolute Gasteiger partial charge is 0.333 e. The van der Waals surface area contributed by atoms with E-state index in [2.05, 4.69) is 30.2 Å². The average Bonchev–Trinajstić information content (AvgIpc) is 2.92. The highest BCUT2D eigenvalue weighted by atomic mass is 16.2. The number of fused-ring (bicyclic) bond motifs is 1. The number of likely N-dealkylation sites (N-methyl/N-ethyl adjacent to an activating group) is 2. The van der Waals surface area contributed by atoms with Crippen molar-refractivity contribution >= 4 is 23.6 Å². The molecule has 0 aromatic rings. The number of amides is 3. The first-order valence-electron chi connectivity index (χ1n) is 8.81. The molecule has 132 valence electrons. The maximum Gasteiger partial charge on any atom is 0.333 e. The second-order valence-electron chi connectivity index (χ2n) is 7.49. The minimum Gasteiger partial charge on any atom is -0.292 e. The zero-order valence-corrected chi connectivity index (χ0v) is 15.3. The summed E-state index contributed by atoms with van der Waals surface area (Å²) < 4.78 is 2.08. The van der Waals surface area contributed by atoms with Crippen LogP contribution in [0, 0.1) is 5.92 Å². The molecule has 0 spiro atoms. The smallest absolute Gasteiger partial charge is 0.292 e. The molecule has 0 aliphatic carbocycles. The Bertz CT molecular complexity index is 616. The Morgan fingerprint density at radius 2 is 1.79 bits per heavy atom. The molecule has 3 rings (SSSR count). The summed E-state index contributed by atoms with van der Waals surface area (Å²) in [4.78, 5) is 34.7. The fourth-order valence-corrected chi connectivity index (χ4v) is 3.75. The van der Waals surface area contributed by atoms with Gasteiger partial charge in [-0.2, -0.15) is 0 Å². The lowest BCUT2D eigenvalue weighted by molar-refractivity contribution is -0.566. The van der Waals surface area contributed by atoms with Crippen molar-refractivity contribution in [3.8, 4) is 0 Å². The number of amidine groups is 2. The Morgan fingerprint density at radius 1 is 1.17 bits per heavy atom. The molecule has 3 aliphatic heterocycles. The lowest BCUT2D eigenvalue weighted by Crippen LogP contribution is -2.62. The molecule has 1 atom stereocenters. The Morgan fingerprint density at radius 3 is 2.38 bits per heavy atom. The molecule has 0 aromatic carbocycles. The number of piperidine rings is 1. The number of likely N-dealkylation sites (tertiary alicyclic amines) is 1. The summed E-state index contributed by atoms with van der Waals surface area (Å²) in [6, 6.07) is -0.642. The Kier molecular flexibility index (Phi) is 4.46. The predicted molar refractivity (Wildman–Crippen MR) is 92.4 cm³/mol. The summed E-state index contributed by atoms with van der Waals surface area (Å²) in [5.74, 6) is 2.07. The monoisotopic (exact) mass is 334 g/mol. The van der Waals surface area contributed by atoms with Gasteiger partial charge in [-0.15, -0.1) is 0 Å². The zero-order valence-electron chi connectivity index (χ0n) is 15.3. The van der Waals surface area contributed by atoms with Crippen molar-refractivity contribution in [2.45, 2.75) is 45.7 Å². The Balaban J connectivity index is 1.90. The van der Waals surface area contributed by atoms with Gasteiger partial charge in [0.2, 0.25) is 0 Å². The van der Waals surface area contributed by atoms with Crippen molar-refractivity contribution in [2.24, 2.45) is 10.9 Å². The Labute approximate surface area is 143 Å². The predicted octanol–water partition coefficient (Wildman–Crippen LogP) is 0.842. The summed E-state index contributed by atoms with van der Waals surface area (Å²) in [5.41, 5.74) is 0. The Hall–Kier alpha value is -1.76. The third kappa shape index (κ3) is 2.75. The molecule has 24 heavy (non-hydrogen) atoms. The number of hydrogen-bond acceptors (Lipinski definition) is 4. The normalized spacial score (nSPS) is 26.6. The maximum absolute atomic E-state index is 12.7. The fourth-order valence-electron chi connectivity index (χ4n) is 3.75. The molecule has 3 aliphatic rings. The van der Waals surface area contributed by atoms with Gasteiger partial charge in [0.25, 0.3) is 17.8 Å². The number of hydrogen-bond donors (Lipinski definition) is 0. The van der Waals surface area contributed by atoms with Gasteiger partial charge in [-0.25, -0.2) is 9.37 Å². The van der Waals surface area contributed by atoms with Crippen LogP contribution in [0.3, 0.4) is 0 Å². The molecule has 0 aromatic heterocycles. The van der Waals surface area contributed by atoms with Gasteiger partial charge in [-0.05, 0) is 50.7 Å². The van der Waals surface area contributed by atoms with Crippen molar-refractivity contribution < 1.29 is 14.2 Å². The SMILES string of the molecule is CC1CCN(CC2=[N+](C(C)C)C3C(=O)N(C)C(=O)N(C)C3=N2)CC1. The summed E-state index contributed by atoms with van der Waals surface area (Å²) in [5, 5.41) is 0. The number of rotatable bonds is 3. The van der Waals surface area contributed by atoms with Crippen LogP contribution in [0.5, 0.6) is 0 Å². The van der Waals surface area contributed by atoms with Crippen LogP contribution >= 0.6 is 0 Å². The van der Waals surface area contributed by atoms with Crippen molar-refractivity contribution in [1.29, 1.82) is 0 Å². The molecule has 7 nitrogen and oxygen atoms in total. The molecule has 1 unspecified atom stereocenters. The van der Waals surface area contributed by atoms with Crippen LogP contribution in [-0.4, -0.2) is 88.7 Å². The number of carbonyl (C=O) groups excluding carboxylic acids is 2. The molecule has 3 amide bonds. The van der Waals surface area contributed by atoms with Gasteiger partial charge in [0, 0.05) is 14.1 Å². The van der Waals surface area contributed by atoms with Crippen molar-refractivity contribution in [1.82, 2.24) is 14.7 Å². The molecular weight excluding hydrogens is 306 g/mol. The van der Waals surface area contributed by atoms with Crippen LogP contribution in [0.4, 0.5) is 4.79 Å². The number of urea groups is 1. The lowest BCUT2D eigenvalue weighted by atomic mass is 9.99. The van der Waals surface area contributed by atoms with E-state index >= 15 is 0 Å². The van der Waals surface area contributed by atoms with E-state index in [-0.39, 0.29) is 18.0 Å².